The third-order valence-corrected chi connectivity index (χ3v) is 3.35. The van der Waals surface area contributed by atoms with Gasteiger partial charge in [-0.25, -0.2) is 4.79 Å². The SMILES string of the molecule is CCOC(=O)/C(C#N)=C/c1ccc(N(C)c2ccccc2)cc1. The fraction of sp³-hybridized carbons (Fsp3) is 0.158. The summed E-state index contributed by atoms with van der Waals surface area (Å²) in [6, 6.07) is 19.5. The normalized spacial score (nSPS) is 10.7. The molecule has 0 unspecified atom stereocenters. The highest BCUT2D eigenvalue weighted by Gasteiger charge is 2.10. The smallest absolute Gasteiger partial charge is 0.348 e. The van der Waals surface area contributed by atoms with Crippen LogP contribution in [0.3, 0.4) is 0 Å². The van der Waals surface area contributed by atoms with Gasteiger partial charge in [-0.05, 0) is 42.8 Å². The molecule has 0 atom stereocenters. The molecule has 0 aromatic heterocycles. The highest BCUT2D eigenvalue weighted by molar-refractivity contribution is 5.97. The van der Waals surface area contributed by atoms with Crippen LogP contribution in [0.4, 0.5) is 11.4 Å². The standard InChI is InChI=1S/C19H18N2O2/c1-3-23-19(22)16(14-20)13-15-9-11-18(12-10-15)21(2)17-7-5-4-6-8-17/h4-13H,3H2,1-2H3/b16-13+. The highest BCUT2D eigenvalue weighted by atomic mass is 16.5. The van der Waals surface area contributed by atoms with E-state index >= 15 is 0 Å². The predicted molar refractivity (Wildman–Crippen MR) is 91.2 cm³/mol. The molecule has 0 aliphatic rings. The zero-order valence-corrected chi connectivity index (χ0v) is 13.2. The molecule has 2 aromatic rings. The zero-order chi connectivity index (χ0) is 16.7. The summed E-state index contributed by atoms with van der Waals surface area (Å²) in [7, 11) is 1.99. The first-order valence-electron chi connectivity index (χ1n) is 7.33. The van der Waals surface area contributed by atoms with Crippen molar-refractivity contribution in [1.82, 2.24) is 0 Å². The van der Waals surface area contributed by atoms with Gasteiger partial charge in [-0.2, -0.15) is 5.26 Å². The summed E-state index contributed by atoms with van der Waals surface area (Å²) in [6.07, 6.45) is 1.53. The Morgan fingerprint density at radius 2 is 1.74 bits per heavy atom. The van der Waals surface area contributed by atoms with Crippen molar-refractivity contribution >= 4 is 23.4 Å². The molecule has 0 aliphatic heterocycles. The van der Waals surface area contributed by atoms with Crippen molar-refractivity contribution in [3.63, 3.8) is 0 Å². The topological polar surface area (TPSA) is 53.3 Å². The van der Waals surface area contributed by atoms with Crippen LogP contribution >= 0.6 is 0 Å². The van der Waals surface area contributed by atoms with Crippen LogP contribution in [0.25, 0.3) is 6.08 Å². The van der Waals surface area contributed by atoms with E-state index in [9.17, 15) is 4.79 Å². The summed E-state index contributed by atoms with van der Waals surface area (Å²) in [6.45, 7) is 1.96. The molecule has 0 N–H and O–H groups in total. The summed E-state index contributed by atoms with van der Waals surface area (Å²) in [4.78, 5) is 13.7. The molecular formula is C19H18N2O2. The average Bonchev–Trinajstić information content (AvgIpc) is 2.60. The number of para-hydroxylation sites is 1. The molecule has 0 radical (unpaired) electrons. The summed E-state index contributed by atoms with van der Waals surface area (Å²) < 4.78 is 4.85. The summed E-state index contributed by atoms with van der Waals surface area (Å²) in [5.41, 5.74) is 2.87. The second-order valence-electron chi connectivity index (χ2n) is 4.88. The second kappa shape index (κ2) is 7.81. The minimum atomic E-state index is -0.597. The van der Waals surface area contributed by atoms with Gasteiger partial charge in [0.15, 0.2) is 0 Å². The van der Waals surface area contributed by atoms with Crippen molar-refractivity contribution in [3.05, 3.63) is 65.7 Å². The molecule has 23 heavy (non-hydrogen) atoms. The molecule has 0 aliphatic carbocycles. The van der Waals surface area contributed by atoms with E-state index in [1.54, 1.807) is 6.92 Å². The lowest BCUT2D eigenvalue weighted by Gasteiger charge is -2.19. The Morgan fingerprint density at radius 3 is 2.30 bits per heavy atom. The number of hydrogen-bond acceptors (Lipinski definition) is 4. The number of ether oxygens (including phenoxy) is 1. The quantitative estimate of drug-likeness (QED) is 0.477. The number of carbonyl (C=O) groups is 1. The Bertz CT molecular complexity index is 728. The number of benzene rings is 2. The first kappa shape index (κ1) is 16.3. The highest BCUT2D eigenvalue weighted by Crippen LogP contribution is 2.23. The maximum Gasteiger partial charge on any atom is 0.348 e. The number of anilines is 2. The maximum absolute atomic E-state index is 11.6. The summed E-state index contributed by atoms with van der Waals surface area (Å²) in [5.74, 6) is -0.597. The van der Waals surface area contributed by atoms with E-state index in [1.165, 1.54) is 6.08 Å². The van der Waals surface area contributed by atoms with Crippen molar-refractivity contribution in [1.29, 1.82) is 5.26 Å². The fourth-order valence-electron chi connectivity index (χ4n) is 2.11. The Hall–Kier alpha value is -3.06. The first-order valence-corrected chi connectivity index (χ1v) is 7.33. The van der Waals surface area contributed by atoms with Gasteiger partial charge in [-0.1, -0.05) is 30.3 Å². The molecule has 0 spiro atoms. The summed E-state index contributed by atoms with van der Waals surface area (Å²) in [5, 5.41) is 9.05. The summed E-state index contributed by atoms with van der Waals surface area (Å²) >= 11 is 0. The van der Waals surface area contributed by atoms with Gasteiger partial charge in [0.05, 0.1) is 6.61 Å². The van der Waals surface area contributed by atoms with E-state index in [1.807, 2.05) is 67.7 Å². The Balaban J connectivity index is 2.19. The number of rotatable bonds is 5. The zero-order valence-electron chi connectivity index (χ0n) is 13.2. The van der Waals surface area contributed by atoms with Crippen LogP contribution in [0.2, 0.25) is 0 Å². The molecule has 0 saturated carbocycles. The van der Waals surface area contributed by atoms with E-state index < -0.39 is 5.97 Å². The molecule has 0 bridgehead atoms. The van der Waals surface area contributed by atoms with Crippen LogP contribution in [-0.2, 0) is 9.53 Å². The van der Waals surface area contributed by atoms with E-state index in [4.69, 9.17) is 10.00 Å². The van der Waals surface area contributed by atoms with E-state index in [0.29, 0.717) is 0 Å². The predicted octanol–water partition coefficient (Wildman–Crippen LogP) is 3.92. The number of nitriles is 1. The van der Waals surface area contributed by atoms with Crippen LogP contribution in [0.1, 0.15) is 12.5 Å². The van der Waals surface area contributed by atoms with Gasteiger partial charge in [0.25, 0.3) is 0 Å². The van der Waals surface area contributed by atoms with Crippen LogP contribution in [0, 0.1) is 11.3 Å². The molecule has 2 rings (SSSR count). The largest absolute Gasteiger partial charge is 0.462 e. The van der Waals surface area contributed by atoms with Crippen molar-refractivity contribution < 1.29 is 9.53 Å². The molecule has 4 nitrogen and oxygen atoms in total. The molecular weight excluding hydrogens is 288 g/mol. The van der Waals surface area contributed by atoms with Gasteiger partial charge in [0.1, 0.15) is 11.6 Å². The van der Waals surface area contributed by atoms with Gasteiger partial charge in [-0.3, -0.25) is 0 Å². The van der Waals surface area contributed by atoms with Gasteiger partial charge >= 0.3 is 5.97 Å². The van der Waals surface area contributed by atoms with Gasteiger partial charge in [-0.15, -0.1) is 0 Å². The Labute approximate surface area is 136 Å². The van der Waals surface area contributed by atoms with Crippen molar-refractivity contribution in [3.8, 4) is 6.07 Å². The number of hydrogen-bond donors (Lipinski definition) is 0. The third-order valence-electron chi connectivity index (χ3n) is 3.35. The van der Waals surface area contributed by atoms with Gasteiger partial charge in [0.2, 0.25) is 0 Å². The fourth-order valence-corrected chi connectivity index (χ4v) is 2.11. The van der Waals surface area contributed by atoms with Crippen LogP contribution in [0.5, 0.6) is 0 Å². The van der Waals surface area contributed by atoms with E-state index in [0.717, 1.165) is 16.9 Å². The van der Waals surface area contributed by atoms with E-state index in [-0.39, 0.29) is 12.2 Å². The Kier molecular flexibility index (Phi) is 5.54. The van der Waals surface area contributed by atoms with Gasteiger partial charge in [0, 0.05) is 18.4 Å². The van der Waals surface area contributed by atoms with Crippen molar-refractivity contribution in [2.24, 2.45) is 0 Å². The molecule has 0 heterocycles. The molecule has 0 saturated heterocycles. The number of carbonyl (C=O) groups excluding carboxylic acids is 1. The molecule has 2 aromatic carbocycles. The van der Waals surface area contributed by atoms with Crippen molar-refractivity contribution in [2.75, 3.05) is 18.6 Å². The monoisotopic (exact) mass is 306 g/mol. The molecule has 0 amide bonds. The van der Waals surface area contributed by atoms with Crippen LogP contribution < -0.4 is 4.90 Å². The van der Waals surface area contributed by atoms with Gasteiger partial charge < -0.3 is 9.64 Å². The van der Waals surface area contributed by atoms with Crippen molar-refractivity contribution in [2.45, 2.75) is 6.92 Å². The Morgan fingerprint density at radius 1 is 1.13 bits per heavy atom. The lowest BCUT2D eigenvalue weighted by atomic mass is 10.1. The minimum Gasteiger partial charge on any atom is -0.462 e. The van der Waals surface area contributed by atoms with E-state index in [2.05, 4.69) is 4.90 Å². The average molecular weight is 306 g/mol. The van der Waals surface area contributed by atoms with Crippen LogP contribution in [-0.4, -0.2) is 19.6 Å². The first-order chi connectivity index (χ1) is 11.2. The number of nitrogens with zero attached hydrogens (tertiary/aromatic N) is 2. The second-order valence-corrected chi connectivity index (χ2v) is 4.88. The lowest BCUT2D eigenvalue weighted by Crippen LogP contribution is -2.09. The molecule has 0 fully saturated rings. The molecule has 116 valence electrons. The third kappa shape index (κ3) is 4.21. The lowest BCUT2D eigenvalue weighted by molar-refractivity contribution is -0.137. The van der Waals surface area contributed by atoms with Crippen LogP contribution in [0.15, 0.2) is 60.2 Å². The maximum atomic E-state index is 11.6. The number of esters is 1. The molecule has 4 heteroatoms. The minimum absolute atomic E-state index is 0.00369.